The summed E-state index contributed by atoms with van der Waals surface area (Å²) in [5, 5.41) is 19.7. The number of carbonyl (C=O) groups is 1. The maximum atomic E-state index is 11.4. The van der Waals surface area contributed by atoms with E-state index in [9.17, 15) is 15.0 Å². The molecule has 2 N–H and O–H groups in total. The minimum Gasteiger partial charge on any atom is -0.507 e. The molecule has 0 aliphatic heterocycles. The number of aromatic hydroxyl groups is 1. The van der Waals surface area contributed by atoms with Crippen LogP contribution in [0.3, 0.4) is 0 Å². The molecule has 4 nitrogen and oxygen atoms in total. The van der Waals surface area contributed by atoms with Crippen molar-refractivity contribution in [1.29, 1.82) is 0 Å². The van der Waals surface area contributed by atoms with Crippen molar-refractivity contribution >= 4 is 5.97 Å². The summed E-state index contributed by atoms with van der Waals surface area (Å²) in [5.74, 6) is -0.586. The summed E-state index contributed by atoms with van der Waals surface area (Å²) in [4.78, 5) is 11.4. The van der Waals surface area contributed by atoms with E-state index in [0.29, 0.717) is 5.56 Å². The zero-order valence-electron chi connectivity index (χ0n) is 17.3. The van der Waals surface area contributed by atoms with E-state index >= 15 is 0 Å². The summed E-state index contributed by atoms with van der Waals surface area (Å²) < 4.78 is 6.23. The van der Waals surface area contributed by atoms with E-state index < -0.39 is 5.97 Å². The second kappa shape index (κ2) is 7.26. The molecule has 0 atom stereocenters. The summed E-state index contributed by atoms with van der Waals surface area (Å²) in [6.07, 6.45) is 0. The van der Waals surface area contributed by atoms with E-state index in [1.165, 1.54) is 6.07 Å². The van der Waals surface area contributed by atoms with E-state index in [-0.39, 0.29) is 28.7 Å². The van der Waals surface area contributed by atoms with E-state index in [2.05, 4.69) is 53.7 Å². The third-order valence-electron chi connectivity index (χ3n) is 4.57. The second-order valence-electron chi connectivity index (χ2n) is 9.10. The van der Waals surface area contributed by atoms with Crippen molar-refractivity contribution in [3.8, 4) is 11.5 Å². The van der Waals surface area contributed by atoms with Gasteiger partial charge in [0, 0.05) is 5.56 Å². The number of para-hydroxylation sites is 1. The molecule has 2 aromatic rings. The van der Waals surface area contributed by atoms with Crippen LogP contribution in [0, 0.1) is 6.92 Å². The maximum Gasteiger partial charge on any atom is 0.339 e. The Kier molecular flexibility index (Phi) is 5.60. The van der Waals surface area contributed by atoms with Gasteiger partial charge in [0.05, 0.1) is 0 Å². The number of aryl methyl sites for hydroxylation is 1. The summed E-state index contributed by atoms with van der Waals surface area (Å²) in [6, 6.07) is 9.39. The average Bonchev–Trinajstić information content (AvgIpc) is 2.53. The van der Waals surface area contributed by atoms with Crippen LogP contribution in [0.4, 0.5) is 0 Å². The molecule has 0 aliphatic carbocycles. The van der Waals surface area contributed by atoms with Crippen LogP contribution in [0.25, 0.3) is 0 Å². The van der Waals surface area contributed by atoms with Gasteiger partial charge in [-0.2, -0.15) is 0 Å². The number of phenols is 1. The Morgan fingerprint density at radius 1 is 1.00 bits per heavy atom. The van der Waals surface area contributed by atoms with Gasteiger partial charge in [0.15, 0.2) is 0 Å². The topological polar surface area (TPSA) is 66.8 Å². The molecule has 0 saturated carbocycles. The molecule has 0 aliphatic rings. The molecule has 4 heteroatoms. The number of benzene rings is 2. The van der Waals surface area contributed by atoms with Crippen molar-refractivity contribution in [1.82, 2.24) is 0 Å². The number of hydrogen-bond acceptors (Lipinski definition) is 3. The predicted molar refractivity (Wildman–Crippen MR) is 108 cm³/mol. The molecule has 0 amide bonds. The van der Waals surface area contributed by atoms with Crippen LogP contribution in [0.15, 0.2) is 30.3 Å². The van der Waals surface area contributed by atoms with Crippen LogP contribution < -0.4 is 4.74 Å². The lowest BCUT2D eigenvalue weighted by atomic mass is 9.79. The Morgan fingerprint density at radius 2 is 1.52 bits per heavy atom. The quantitative estimate of drug-likeness (QED) is 0.738. The third kappa shape index (κ3) is 4.62. The van der Waals surface area contributed by atoms with Gasteiger partial charge in [-0.05, 0) is 46.6 Å². The van der Waals surface area contributed by atoms with Crippen molar-refractivity contribution in [3.05, 3.63) is 58.1 Å². The van der Waals surface area contributed by atoms with E-state index in [0.717, 1.165) is 22.4 Å². The van der Waals surface area contributed by atoms with Crippen molar-refractivity contribution in [2.45, 2.75) is 65.9 Å². The normalized spacial score (nSPS) is 12.1. The van der Waals surface area contributed by atoms with Crippen molar-refractivity contribution in [2.75, 3.05) is 0 Å². The van der Waals surface area contributed by atoms with Crippen LogP contribution in [-0.2, 0) is 17.4 Å². The van der Waals surface area contributed by atoms with Gasteiger partial charge < -0.3 is 14.9 Å². The average molecular weight is 370 g/mol. The fraction of sp³-hybridized carbons (Fsp3) is 0.435. The molecular weight excluding hydrogens is 340 g/mol. The summed E-state index contributed by atoms with van der Waals surface area (Å²) in [6.45, 7) is 14.7. The molecule has 0 aromatic heterocycles. The molecule has 0 bridgehead atoms. The van der Waals surface area contributed by atoms with E-state index in [1.54, 1.807) is 13.0 Å². The minimum absolute atomic E-state index is 0.101. The lowest BCUT2D eigenvalue weighted by Gasteiger charge is -2.29. The number of rotatable bonds is 4. The number of aromatic carboxylic acids is 1. The Bertz CT molecular complexity index is 820. The minimum atomic E-state index is -1.15. The highest BCUT2D eigenvalue weighted by Crippen LogP contribution is 2.40. The summed E-state index contributed by atoms with van der Waals surface area (Å²) in [5.41, 5.74) is 3.07. The number of hydrogen-bond donors (Lipinski definition) is 2. The molecule has 27 heavy (non-hydrogen) atoms. The summed E-state index contributed by atoms with van der Waals surface area (Å²) in [7, 11) is 0. The second-order valence-corrected chi connectivity index (χ2v) is 9.10. The molecule has 2 aromatic carbocycles. The number of carboxylic acid groups (broad SMARTS) is 1. The van der Waals surface area contributed by atoms with Crippen molar-refractivity contribution in [2.24, 2.45) is 0 Å². The zero-order chi connectivity index (χ0) is 20.6. The van der Waals surface area contributed by atoms with Gasteiger partial charge in [-0.25, -0.2) is 4.79 Å². The first-order chi connectivity index (χ1) is 12.3. The first kappa shape index (κ1) is 20.8. The van der Waals surface area contributed by atoms with Gasteiger partial charge in [-0.3, -0.25) is 0 Å². The molecule has 0 heterocycles. The molecule has 0 saturated heterocycles. The van der Waals surface area contributed by atoms with Gasteiger partial charge in [-0.1, -0.05) is 59.7 Å². The van der Waals surface area contributed by atoms with Crippen molar-refractivity contribution in [3.63, 3.8) is 0 Å². The Hall–Kier alpha value is -2.49. The van der Waals surface area contributed by atoms with Gasteiger partial charge in [0.2, 0.25) is 0 Å². The van der Waals surface area contributed by atoms with Crippen LogP contribution in [0.1, 0.15) is 74.2 Å². The zero-order valence-corrected chi connectivity index (χ0v) is 17.3. The fourth-order valence-electron chi connectivity index (χ4n) is 3.15. The van der Waals surface area contributed by atoms with Crippen LogP contribution >= 0.6 is 0 Å². The maximum absolute atomic E-state index is 11.4. The fourth-order valence-corrected chi connectivity index (χ4v) is 3.15. The SMILES string of the molecule is Cc1cc(COc2c(C(C)(C)C)cccc2C(C)(C)C)c(O)c(C(=O)O)c1. The van der Waals surface area contributed by atoms with Gasteiger partial charge >= 0.3 is 5.97 Å². The Morgan fingerprint density at radius 3 is 1.96 bits per heavy atom. The largest absolute Gasteiger partial charge is 0.507 e. The molecule has 0 fully saturated rings. The monoisotopic (exact) mass is 370 g/mol. The van der Waals surface area contributed by atoms with Crippen LogP contribution in [0.5, 0.6) is 11.5 Å². The van der Waals surface area contributed by atoms with Gasteiger partial charge in [-0.15, -0.1) is 0 Å². The Balaban J connectivity index is 2.51. The van der Waals surface area contributed by atoms with E-state index in [4.69, 9.17) is 4.74 Å². The first-order valence-corrected chi connectivity index (χ1v) is 9.15. The highest BCUT2D eigenvalue weighted by Gasteiger charge is 2.27. The lowest BCUT2D eigenvalue weighted by molar-refractivity contribution is 0.0693. The molecule has 0 unspecified atom stereocenters. The molecular formula is C23H30O4. The van der Waals surface area contributed by atoms with Gasteiger partial charge in [0.1, 0.15) is 23.7 Å². The highest BCUT2D eigenvalue weighted by atomic mass is 16.5. The smallest absolute Gasteiger partial charge is 0.339 e. The van der Waals surface area contributed by atoms with E-state index in [1.807, 2.05) is 6.07 Å². The lowest BCUT2D eigenvalue weighted by Crippen LogP contribution is -2.19. The first-order valence-electron chi connectivity index (χ1n) is 9.15. The standard InChI is InChI=1S/C23H30O4/c1-14-11-15(19(24)16(12-14)21(25)26)13-27-20-17(22(2,3)4)9-8-10-18(20)23(5,6)7/h8-12,24H,13H2,1-7H3,(H,25,26). The van der Waals surface area contributed by atoms with Crippen LogP contribution in [-0.4, -0.2) is 16.2 Å². The van der Waals surface area contributed by atoms with Crippen molar-refractivity contribution < 1.29 is 19.7 Å². The number of ether oxygens (including phenoxy) is 1. The molecule has 146 valence electrons. The molecule has 0 radical (unpaired) electrons. The van der Waals surface area contributed by atoms with Crippen LogP contribution in [0.2, 0.25) is 0 Å². The predicted octanol–water partition coefficient (Wildman–Crippen LogP) is 5.57. The van der Waals surface area contributed by atoms with Gasteiger partial charge in [0.25, 0.3) is 0 Å². The number of carboxylic acids is 1. The highest BCUT2D eigenvalue weighted by molar-refractivity contribution is 5.91. The molecule has 0 spiro atoms. The molecule has 2 rings (SSSR count). The summed E-state index contributed by atoms with van der Waals surface area (Å²) >= 11 is 0. The third-order valence-corrected chi connectivity index (χ3v) is 4.57. The Labute approximate surface area is 161 Å².